The number of hydrogen-bond acceptors (Lipinski definition) is 3. The van der Waals surface area contributed by atoms with Crippen molar-refractivity contribution >= 4 is 11.6 Å². The Morgan fingerprint density at radius 3 is 2.53 bits per heavy atom. The van der Waals surface area contributed by atoms with E-state index >= 15 is 0 Å². The third-order valence-electron chi connectivity index (χ3n) is 4.04. The van der Waals surface area contributed by atoms with E-state index in [4.69, 9.17) is 16.6 Å². The Morgan fingerprint density at radius 1 is 1.21 bits per heavy atom. The summed E-state index contributed by atoms with van der Waals surface area (Å²) in [5.41, 5.74) is 2.66. The molecule has 0 N–H and O–H groups in total. The Bertz CT molecular complexity index is 453. The first kappa shape index (κ1) is 14.7. The molecule has 1 aromatic rings. The van der Waals surface area contributed by atoms with Crippen molar-refractivity contribution in [3.05, 3.63) is 22.2 Å². The van der Waals surface area contributed by atoms with Crippen LogP contribution in [0.3, 0.4) is 0 Å². The average molecular weight is 282 g/mol. The number of aryl methyl sites for hydroxylation is 1. The van der Waals surface area contributed by atoms with E-state index in [9.17, 15) is 0 Å². The molecule has 1 aliphatic rings. The van der Waals surface area contributed by atoms with Crippen molar-refractivity contribution in [3.8, 4) is 0 Å². The van der Waals surface area contributed by atoms with Crippen molar-refractivity contribution in [1.29, 1.82) is 0 Å². The first-order chi connectivity index (χ1) is 8.95. The number of hydrogen-bond donors (Lipinski definition) is 0. The molecule has 0 radical (unpaired) electrons. The summed E-state index contributed by atoms with van der Waals surface area (Å²) in [5, 5.41) is 0.667. The van der Waals surface area contributed by atoms with Gasteiger partial charge in [-0.05, 0) is 37.8 Å². The minimum atomic E-state index is 0.320. The lowest BCUT2D eigenvalue weighted by Gasteiger charge is -2.31. The van der Waals surface area contributed by atoms with Crippen molar-refractivity contribution in [3.63, 3.8) is 0 Å². The van der Waals surface area contributed by atoms with E-state index in [0.29, 0.717) is 10.6 Å². The summed E-state index contributed by atoms with van der Waals surface area (Å²) in [6.45, 7) is 11.7. The number of aromatic nitrogens is 2. The summed E-state index contributed by atoms with van der Waals surface area (Å²) in [5.74, 6) is 0.868. The van der Waals surface area contributed by atoms with Gasteiger partial charge in [0.25, 0.3) is 0 Å². The van der Waals surface area contributed by atoms with E-state index in [0.717, 1.165) is 38.3 Å². The molecule has 4 heteroatoms. The summed E-state index contributed by atoms with van der Waals surface area (Å²) in [7, 11) is 0. The van der Waals surface area contributed by atoms with Crippen LogP contribution in [0.25, 0.3) is 0 Å². The highest BCUT2D eigenvalue weighted by atomic mass is 35.5. The van der Waals surface area contributed by atoms with Gasteiger partial charge in [0.1, 0.15) is 11.0 Å². The van der Waals surface area contributed by atoms with Gasteiger partial charge in [0.15, 0.2) is 0 Å². The monoisotopic (exact) mass is 281 g/mol. The van der Waals surface area contributed by atoms with E-state index < -0.39 is 0 Å². The van der Waals surface area contributed by atoms with Gasteiger partial charge in [0, 0.05) is 11.3 Å². The zero-order valence-electron chi connectivity index (χ0n) is 12.5. The molecule has 19 heavy (non-hydrogen) atoms. The van der Waals surface area contributed by atoms with Gasteiger partial charge in [-0.15, -0.1) is 0 Å². The molecule has 0 aromatic carbocycles. The van der Waals surface area contributed by atoms with Crippen molar-refractivity contribution in [2.45, 2.75) is 53.5 Å². The fourth-order valence-electron chi connectivity index (χ4n) is 2.67. The molecule has 2 rings (SSSR count). The van der Waals surface area contributed by atoms with E-state index in [1.54, 1.807) is 0 Å². The normalized spacial score (nSPS) is 17.6. The third kappa shape index (κ3) is 3.46. The maximum Gasteiger partial charge on any atom is 0.144 e. The fourth-order valence-corrected chi connectivity index (χ4v) is 2.94. The standard InChI is InChI=1S/C15H24ClN3/c1-5-19(6-2)10-13-17-12-7-8-15(3,4)9-11(12)14(16)18-13/h5-10H2,1-4H3. The van der Waals surface area contributed by atoms with Gasteiger partial charge >= 0.3 is 0 Å². The Balaban J connectivity index is 2.25. The van der Waals surface area contributed by atoms with Gasteiger partial charge in [-0.3, -0.25) is 4.90 Å². The second-order valence-electron chi connectivity index (χ2n) is 6.16. The molecular weight excluding hydrogens is 258 g/mol. The second kappa shape index (κ2) is 5.76. The molecule has 0 aliphatic heterocycles. The van der Waals surface area contributed by atoms with Gasteiger partial charge < -0.3 is 0 Å². The Hall–Kier alpha value is -0.670. The van der Waals surface area contributed by atoms with Crippen LogP contribution in [0.1, 0.15) is 51.2 Å². The smallest absolute Gasteiger partial charge is 0.144 e. The molecule has 0 spiro atoms. The SMILES string of the molecule is CCN(CC)Cc1nc(Cl)c2c(n1)CCC(C)(C)C2. The summed E-state index contributed by atoms with van der Waals surface area (Å²) < 4.78 is 0. The van der Waals surface area contributed by atoms with Crippen molar-refractivity contribution in [2.75, 3.05) is 13.1 Å². The molecule has 0 saturated carbocycles. The van der Waals surface area contributed by atoms with Crippen molar-refractivity contribution in [1.82, 2.24) is 14.9 Å². The molecule has 0 fully saturated rings. The highest BCUT2D eigenvalue weighted by Gasteiger charge is 2.28. The number of halogens is 1. The Labute approximate surface area is 121 Å². The second-order valence-corrected chi connectivity index (χ2v) is 6.52. The molecule has 1 heterocycles. The van der Waals surface area contributed by atoms with Crippen LogP contribution in [0, 0.1) is 5.41 Å². The van der Waals surface area contributed by atoms with Crippen LogP contribution in [-0.4, -0.2) is 28.0 Å². The third-order valence-corrected chi connectivity index (χ3v) is 4.35. The maximum absolute atomic E-state index is 6.37. The van der Waals surface area contributed by atoms with Gasteiger partial charge in [-0.2, -0.15) is 0 Å². The predicted octanol–water partition coefficient (Wildman–Crippen LogP) is 3.49. The lowest BCUT2D eigenvalue weighted by molar-refractivity contribution is 0.284. The van der Waals surface area contributed by atoms with E-state index in [1.165, 1.54) is 17.7 Å². The molecule has 1 aliphatic carbocycles. The van der Waals surface area contributed by atoms with Crippen LogP contribution in [0.5, 0.6) is 0 Å². The highest BCUT2D eigenvalue weighted by molar-refractivity contribution is 6.30. The molecule has 1 aromatic heterocycles. The van der Waals surface area contributed by atoms with Gasteiger partial charge in [0.2, 0.25) is 0 Å². The van der Waals surface area contributed by atoms with E-state index in [-0.39, 0.29) is 0 Å². The molecule has 3 nitrogen and oxygen atoms in total. The Kier molecular flexibility index (Phi) is 4.46. The van der Waals surface area contributed by atoms with Crippen LogP contribution >= 0.6 is 11.6 Å². The zero-order chi connectivity index (χ0) is 14.0. The van der Waals surface area contributed by atoms with Gasteiger partial charge in [0.05, 0.1) is 6.54 Å². The quantitative estimate of drug-likeness (QED) is 0.791. The molecule has 0 unspecified atom stereocenters. The minimum absolute atomic E-state index is 0.320. The highest BCUT2D eigenvalue weighted by Crippen LogP contribution is 2.36. The molecule has 0 amide bonds. The van der Waals surface area contributed by atoms with Crippen molar-refractivity contribution < 1.29 is 0 Å². The van der Waals surface area contributed by atoms with Crippen LogP contribution in [0.4, 0.5) is 0 Å². The van der Waals surface area contributed by atoms with Crippen molar-refractivity contribution in [2.24, 2.45) is 5.41 Å². The molecule has 106 valence electrons. The maximum atomic E-state index is 6.37. The summed E-state index contributed by atoms with van der Waals surface area (Å²) >= 11 is 6.37. The number of nitrogens with zero attached hydrogens (tertiary/aromatic N) is 3. The first-order valence-electron chi connectivity index (χ1n) is 7.21. The lowest BCUT2D eigenvalue weighted by atomic mass is 9.76. The average Bonchev–Trinajstić information content (AvgIpc) is 2.36. The molecule has 0 atom stereocenters. The predicted molar refractivity (Wildman–Crippen MR) is 79.5 cm³/mol. The van der Waals surface area contributed by atoms with Crippen LogP contribution < -0.4 is 0 Å². The van der Waals surface area contributed by atoms with Gasteiger partial charge in [-0.25, -0.2) is 9.97 Å². The molecule has 0 bridgehead atoms. The zero-order valence-corrected chi connectivity index (χ0v) is 13.2. The Morgan fingerprint density at radius 2 is 1.89 bits per heavy atom. The largest absolute Gasteiger partial charge is 0.296 e. The van der Waals surface area contributed by atoms with Crippen LogP contribution in [0.15, 0.2) is 0 Å². The number of fused-ring (bicyclic) bond motifs is 1. The van der Waals surface area contributed by atoms with E-state index in [2.05, 4.69) is 37.6 Å². The topological polar surface area (TPSA) is 29.0 Å². The summed E-state index contributed by atoms with van der Waals surface area (Å²) in [4.78, 5) is 11.5. The first-order valence-corrected chi connectivity index (χ1v) is 7.59. The lowest BCUT2D eigenvalue weighted by Crippen LogP contribution is -2.27. The van der Waals surface area contributed by atoms with Crippen LogP contribution in [0.2, 0.25) is 5.15 Å². The fraction of sp³-hybridized carbons (Fsp3) is 0.733. The van der Waals surface area contributed by atoms with E-state index in [1.807, 2.05) is 0 Å². The van der Waals surface area contributed by atoms with Gasteiger partial charge in [-0.1, -0.05) is 39.3 Å². The minimum Gasteiger partial charge on any atom is -0.296 e. The number of rotatable bonds is 4. The molecule has 0 saturated heterocycles. The summed E-state index contributed by atoms with van der Waals surface area (Å²) in [6, 6.07) is 0. The van der Waals surface area contributed by atoms with Crippen LogP contribution in [-0.2, 0) is 19.4 Å². The molecular formula is C15H24ClN3. The summed E-state index contributed by atoms with van der Waals surface area (Å²) in [6.07, 6.45) is 3.20.